The molecule has 1 saturated heterocycles. The van der Waals surface area contributed by atoms with Crippen LogP contribution in [0.15, 0.2) is 0 Å². The monoisotopic (exact) mass is 169 g/mol. The maximum atomic E-state index is 9.06. The normalized spacial score (nSPS) is 37.5. The summed E-state index contributed by atoms with van der Waals surface area (Å²) in [6.07, 6.45) is 4.22. The van der Waals surface area contributed by atoms with Crippen LogP contribution in [-0.4, -0.2) is 35.7 Å². The van der Waals surface area contributed by atoms with Crippen LogP contribution in [0.3, 0.4) is 0 Å². The Bertz CT molecular complexity index is 130. The average molecular weight is 169 g/mol. The van der Waals surface area contributed by atoms with Gasteiger partial charge < -0.3 is 5.11 Å². The molecule has 1 heterocycles. The molecule has 1 saturated carbocycles. The first-order valence-electron chi connectivity index (χ1n) is 5.14. The van der Waals surface area contributed by atoms with Gasteiger partial charge in [0.05, 0.1) is 6.10 Å². The van der Waals surface area contributed by atoms with E-state index in [0.717, 1.165) is 24.9 Å². The summed E-state index contributed by atoms with van der Waals surface area (Å²) in [7, 11) is 0. The highest BCUT2D eigenvalue weighted by atomic mass is 16.3. The molecule has 70 valence electrons. The van der Waals surface area contributed by atoms with Crippen molar-refractivity contribution >= 4 is 0 Å². The lowest BCUT2D eigenvalue weighted by atomic mass is 9.74. The second-order valence-electron chi connectivity index (χ2n) is 4.64. The van der Waals surface area contributed by atoms with Gasteiger partial charge in [-0.25, -0.2) is 0 Å². The molecule has 0 bridgehead atoms. The van der Waals surface area contributed by atoms with Crippen molar-refractivity contribution in [3.8, 4) is 0 Å². The Morgan fingerprint density at radius 2 is 2.00 bits per heavy atom. The number of hydrogen-bond acceptors (Lipinski definition) is 2. The fourth-order valence-electron chi connectivity index (χ4n) is 2.40. The van der Waals surface area contributed by atoms with Gasteiger partial charge in [0.1, 0.15) is 0 Å². The topological polar surface area (TPSA) is 23.5 Å². The van der Waals surface area contributed by atoms with Gasteiger partial charge in [-0.2, -0.15) is 0 Å². The number of aliphatic hydroxyl groups excluding tert-OH is 1. The molecule has 0 spiro atoms. The maximum absolute atomic E-state index is 9.06. The van der Waals surface area contributed by atoms with E-state index in [-0.39, 0.29) is 6.10 Å². The number of hydrogen-bond donors (Lipinski definition) is 1. The Kier molecular flexibility index (Phi) is 2.37. The van der Waals surface area contributed by atoms with E-state index >= 15 is 0 Å². The molecule has 0 unspecified atom stereocenters. The number of β-amino-alcohol motifs (C(OH)–C–C–N with tert-alkyl or cyclic N) is 1. The van der Waals surface area contributed by atoms with Crippen LogP contribution in [0.25, 0.3) is 0 Å². The van der Waals surface area contributed by atoms with Crippen molar-refractivity contribution in [3.05, 3.63) is 0 Å². The minimum absolute atomic E-state index is 0.0229. The van der Waals surface area contributed by atoms with Crippen molar-refractivity contribution in [3.63, 3.8) is 0 Å². The second-order valence-corrected chi connectivity index (χ2v) is 4.64. The van der Waals surface area contributed by atoms with Gasteiger partial charge in [0.25, 0.3) is 0 Å². The molecule has 1 aliphatic carbocycles. The molecule has 2 rings (SSSR count). The van der Waals surface area contributed by atoms with Crippen molar-refractivity contribution in [1.82, 2.24) is 4.90 Å². The van der Waals surface area contributed by atoms with E-state index in [9.17, 15) is 0 Å². The fraction of sp³-hybridized carbons (Fsp3) is 1.00. The maximum Gasteiger partial charge on any atom is 0.0793 e. The number of aliphatic hydroxyl groups is 1. The van der Waals surface area contributed by atoms with Crippen LogP contribution < -0.4 is 0 Å². The summed E-state index contributed by atoms with van der Waals surface area (Å²) >= 11 is 0. The van der Waals surface area contributed by atoms with Crippen LogP contribution >= 0.6 is 0 Å². The molecule has 1 aliphatic heterocycles. The lowest BCUT2D eigenvalue weighted by Gasteiger charge is -2.39. The van der Waals surface area contributed by atoms with Gasteiger partial charge >= 0.3 is 0 Å². The largest absolute Gasteiger partial charge is 0.390 e. The predicted molar refractivity (Wildman–Crippen MR) is 49.0 cm³/mol. The van der Waals surface area contributed by atoms with Gasteiger partial charge in [-0.1, -0.05) is 6.92 Å². The molecule has 2 nitrogen and oxygen atoms in total. The lowest BCUT2D eigenvalue weighted by molar-refractivity contribution is -0.00431. The summed E-state index contributed by atoms with van der Waals surface area (Å²) in [5.74, 6) is 1.98. The van der Waals surface area contributed by atoms with Crippen LogP contribution in [0.1, 0.15) is 26.2 Å². The van der Waals surface area contributed by atoms with Crippen molar-refractivity contribution in [1.29, 1.82) is 0 Å². The van der Waals surface area contributed by atoms with Crippen LogP contribution in [0, 0.1) is 11.8 Å². The third kappa shape index (κ3) is 1.80. The fourth-order valence-corrected chi connectivity index (χ4v) is 2.40. The van der Waals surface area contributed by atoms with Crippen LogP contribution in [-0.2, 0) is 0 Å². The molecule has 0 radical (unpaired) electrons. The first kappa shape index (κ1) is 8.52. The molecule has 0 aromatic carbocycles. The number of likely N-dealkylation sites (tertiary alicyclic amines) is 1. The van der Waals surface area contributed by atoms with Gasteiger partial charge in [0, 0.05) is 13.1 Å². The van der Waals surface area contributed by atoms with E-state index in [1.165, 1.54) is 25.8 Å². The first-order valence-corrected chi connectivity index (χ1v) is 5.14. The van der Waals surface area contributed by atoms with E-state index in [4.69, 9.17) is 5.11 Å². The molecule has 0 aromatic rings. The Balaban J connectivity index is 1.52. The third-order valence-electron chi connectivity index (χ3n) is 3.26. The zero-order chi connectivity index (χ0) is 8.55. The van der Waals surface area contributed by atoms with Gasteiger partial charge in [-0.05, 0) is 37.6 Å². The van der Waals surface area contributed by atoms with Crippen molar-refractivity contribution in [2.75, 3.05) is 19.6 Å². The van der Waals surface area contributed by atoms with E-state index in [2.05, 4.69) is 11.8 Å². The van der Waals surface area contributed by atoms with Gasteiger partial charge in [0.2, 0.25) is 0 Å². The van der Waals surface area contributed by atoms with Crippen molar-refractivity contribution < 1.29 is 5.11 Å². The smallest absolute Gasteiger partial charge is 0.0793 e. The lowest BCUT2D eigenvalue weighted by Crippen LogP contribution is -2.51. The average Bonchev–Trinajstić information content (AvgIpc) is 1.91. The van der Waals surface area contributed by atoms with Crippen molar-refractivity contribution in [2.24, 2.45) is 11.8 Å². The number of rotatable bonds is 3. The standard InChI is InChI=1S/C10H19NO/c1-8-4-9(5-8)2-3-11-6-10(12)7-11/h8-10,12H,2-7H2,1H3. The van der Waals surface area contributed by atoms with E-state index in [1.54, 1.807) is 0 Å². The summed E-state index contributed by atoms with van der Waals surface area (Å²) in [5, 5.41) is 9.06. The summed E-state index contributed by atoms with van der Waals surface area (Å²) in [4.78, 5) is 2.35. The Morgan fingerprint density at radius 1 is 1.33 bits per heavy atom. The van der Waals surface area contributed by atoms with Crippen LogP contribution in [0.4, 0.5) is 0 Å². The predicted octanol–water partition coefficient (Wildman–Crippen LogP) is 1.10. The van der Waals surface area contributed by atoms with E-state index in [1.807, 2.05) is 0 Å². The molecule has 1 N–H and O–H groups in total. The highest BCUT2D eigenvalue weighted by Crippen LogP contribution is 2.35. The molecule has 2 fully saturated rings. The molecule has 2 heteroatoms. The molecular weight excluding hydrogens is 150 g/mol. The Hall–Kier alpha value is -0.0800. The minimum Gasteiger partial charge on any atom is -0.390 e. The quantitative estimate of drug-likeness (QED) is 0.684. The van der Waals surface area contributed by atoms with Gasteiger partial charge in [-0.3, -0.25) is 4.90 Å². The molecule has 12 heavy (non-hydrogen) atoms. The van der Waals surface area contributed by atoms with E-state index < -0.39 is 0 Å². The zero-order valence-corrected chi connectivity index (χ0v) is 7.87. The van der Waals surface area contributed by atoms with Crippen molar-refractivity contribution in [2.45, 2.75) is 32.3 Å². The number of nitrogens with zero attached hydrogens (tertiary/aromatic N) is 1. The Labute approximate surface area is 74.6 Å². The molecule has 0 atom stereocenters. The second kappa shape index (κ2) is 3.35. The Morgan fingerprint density at radius 3 is 2.50 bits per heavy atom. The third-order valence-corrected chi connectivity index (χ3v) is 3.26. The zero-order valence-electron chi connectivity index (χ0n) is 7.87. The summed E-state index contributed by atoms with van der Waals surface area (Å²) in [6, 6.07) is 0. The first-order chi connectivity index (χ1) is 5.74. The van der Waals surface area contributed by atoms with E-state index in [0.29, 0.717) is 0 Å². The highest BCUT2D eigenvalue weighted by molar-refractivity contribution is 4.82. The van der Waals surface area contributed by atoms with Gasteiger partial charge in [-0.15, -0.1) is 0 Å². The van der Waals surface area contributed by atoms with Crippen LogP contribution in [0.2, 0.25) is 0 Å². The SMILES string of the molecule is CC1CC(CCN2CC(O)C2)C1. The summed E-state index contributed by atoms with van der Waals surface area (Å²) in [6.45, 7) is 5.39. The molecule has 0 aromatic heterocycles. The summed E-state index contributed by atoms with van der Waals surface area (Å²) < 4.78 is 0. The molecule has 2 aliphatic rings. The van der Waals surface area contributed by atoms with Crippen LogP contribution in [0.5, 0.6) is 0 Å². The molecular formula is C10H19NO. The summed E-state index contributed by atoms with van der Waals surface area (Å²) in [5.41, 5.74) is 0. The molecule has 0 amide bonds. The van der Waals surface area contributed by atoms with Gasteiger partial charge in [0.15, 0.2) is 0 Å². The minimum atomic E-state index is -0.0229. The highest BCUT2D eigenvalue weighted by Gasteiger charge is 2.28.